The van der Waals surface area contributed by atoms with E-state index in [-0.39, 0.29) is 39.5 Å². The smallest absolute Gasteiger partial charge is 0.248 e. The van der Waals surface area contributed by atoms with Crippen molar-refractivity contribution < 1.29 is 44.7 Å². The van der Waals surface area contributed by atoms with E-state index in [1.54, 1.807) is 38.5 Å². The molecule has 3 aliphatic rings. The van der Waals surface area contributed by atoms with E-state index in [0.717, 1.165) is 6.29 Å². The summed E-state index contributed by atoms with van der Waals surface area (Å²) in [6.07, 6.45) is 10.9. The maximum absolute atomic E-state index is 11.0. The number of aldehydes is 1. The summed E-state index contributed by atoms with van der Waals surface area (Å²) in [7, 11) is 0. The molecule has 0 saturated heterocycles. The zero-order valence-electron chi connectivity index (χ0n) is 23.0. The first-order valence-electron chi connectivity index (χ1n) is 13.0. The van der Waals surface area contributed by atoms with Crippen molar-refractivity contribution in [1.29, 1.82) is 5.26 Å². The van der Waals surface area contributed by atoms with Gasteiger partial charge in [0, 0.05) is 26.1 Å². The zero-order valence-corrected chi connectivity index (χ0v) is 23.0. The van der Waals surface area contributed by atoms with Gasteiger partial charge in [0.1, 0.15) is 26.3 Å². The Morgan fingerprint density at radius 2 is 1.42 bits per heavy atom. The van der Waals surface area contributed by atoms with Gasteiger partial charge in [0.2, 0.25) is 11.8 Å². The zero-order chi connectivity index (χ0) is 29.8. The van der Waals surface area contributed by atoms with Gasteiger partial charge in [-0.05, 0) is 62.7 Å². The third-order valence-corrected chi connectivity index (χ3v) is 6.31. The molecule has 12 heteroatoms. The standard InChI is InChI=1S/C10H16.C8H16N2O5.C3H5N.C2H6O2.C2H4O.CH2O/c1-2-9-7-4-5-8(6-7)10(9)3-1;11-4-3-10(8(15)6-13)2-1-9-7(14)5-12;1-2-3-4;3-1-2-4;1-2-3;1-2/h7-10H,1-6H2;11-13H,1-6H2,(H,9,14);2H2,1H3;3-4H,1-2H2;2H,1H3;1H2. The van der Waals surface area contributed by atoms with Crippen LogP contribution < -0.4 is 5.32 Å². The normalized spacial score (nSPS) is 20.8. The van der Waals surface area contributed by atoms with Crippen molar-refractivity contribution >= 4 is 24.9 Å². The molecule has 2 amide bonds. The highest BCUT2D eigenvalue weighted by atomic mass is 16.3. The Morgan fingerprint density at radius 1 is 0.947 bits per heavy atom. The van der Waals surface area contributed by atoms with Crippen molar-refractivity contribution in [3.63, 3.8) is 0 Å². The number of aliphatic hydroxyl groups excluding tert-OH is 5. The molecule has 38 heavy (non-hydrogen) atoms. The Hall–Kier alpha value is -2.43. The van der Waals surface area contributed by atoms with Crippen molar-refractivity contribution in [2.45, 2.75) is 58.8 Å². The number of rotatable bonds is 8. The molecule has 4 unspecified atom stereocenters. The van der Waals surface area contributed by atoms with Crippen LogP contribution in [-0.4, -0.2) is 108 Å². The number of aliphatic hydroxyl groups is 5. The molecule has 0 aromatic rings. The van der Waals surface area contributed by atoms with Crippen molar-refractivity contribution in [2.24, 2.45) is 23.7 Å². The van der Waals surface area contributed by atoms with Gasteiger partial charge in [-0.15, -0.1) is 0 Å². The minimum Gasteiger partial charge on any atom is -0.395 e. The monoisotopic (exact) mass is 547 g/mol. The van der Waals surface area contributed by atoms with Crippen molar-refractivity contribution in [2.75, 3.05) is 52.7 Å². The first kappa shape index (κ1) is 40.1. The van der Waals surface area contributed by atoms with Gasteiger partial charge in [-0.1, -0.05) is 13.3 Å². The number of carbonyl (C=O) groups excluding carboxylic acids is 4. The number of amides is 2. The third-order valence-electron chi connectivity index (χ3n) is 6.31. The lowest BCUT2D eigenvalue weighted by molar-refractivity contribution is -0.135. The fourth-order valence-corrected chi connectivity index (χ4v) is 4.99. The summed E-state index contributed by atoms with van der Waals surface area (Å²) in [6, 6.07) is 1.93. The summed E-state index contributed by atoms with van der Waals surface area (Å²) in [5.74, 6) is 3.75. The van der Waals surface area contributed by atoms with Crippen LogP contribution in [-0.2, 0) is 19.2 Å². The Kier molecular flexibility index (Phi) is 30.7. The van der Waals surface area contributed by atoms with E-state index in [4.69, 9.17) is 40.4 Å². The fourth-order valence-electron chi connectivity index (χ4n) is 4.99. The predicted octanol–water partition coefficient (Wildman–Crippen LogP) is -0.348. The van der Waals surface area contributed by atoms with Crippen LogP contribution in [0, 0.1) is 35.0 Å². The minimum absolute atomic E-state index is 0.106. The van der Waals surface area contributed by atoms with Gasteiger partial charge in [0.05, 0.1) is 25.9 Å². The van der Waals surface area contributed by atoms with Gasteiger partial charge in [0.25, 0.3) is 0 Å². The van der Waals surface area contributed by atoms with E-state index in [0.29, 0.717) is 6.42 Å². The second-order valence-corrected chi connectivity index (χ2v) is 8.56. The van der Waals surface area contributed by atoms with Gasteiger partial charge in [-0.25, -0.2) is 0 Å². The lowest BCUT2D eigenvalue weighted by Crippen LogP contribution is -2.41. The van der Waals surface area contributed by atoms with Crippen molar-refractivity contribution in [3.05, 3.63) is 0 Å². The van der Waals surface area contributed by atoms with E-state index in [9.17, 15) is 9.59 Å². The summed E-state index contributed by atoms with van der Waals surface area (Å²) in [5, 5.41) is 50.8. The lowest BCUT2D eigenvalue weighted by Gasteiger charge is -2.23. The van der Waals surface area contributed by atoms with E-state index < -0.39 is 25.0 Å². The van der Waals surface area contributed by atoms with Crippen LogP contribution in [0.25, 0.3) is 0 Å². The number of hydrogen-bond acceptors (Lipinski definition) is 10. The van der Waals surface area contributed by atoms with E-state index in [1.807, 2.05) is 19.8 Å². The summed E-state index contributed by atoms with van der Waals surface area (Å²) in [5.41, 5.74) is 0. The molecule has 0 radical (unpaired) electrons. The number of carbonyl (C=O) groups is 4. The number of nitrogens with one attached hydrogen (secondary N) is 1. The first-order valence-corrected chi connectivity index (χ1v) is 13.0. The van der Waals surface area contributed by atoms with Crippen LogP contribution in [0.5, 0.6) is 0 Å². The molecule has 3 rings (SSSR count). The van der Waals surface area contributed by atoms with Crippen molar-refractivity contribution in [1.82, 2.24) is 10.2 Å². The Balaban J connectivity index is -0.000000455. The second kappa shape index (κ2) is 29.1. The van der Waals surface area contributed by atoms with Crippen LogP contribution in [0.15, 0.2) is 0 Å². The highest BCUT2D eigenvalue weighted by molar-refractivity contribution is 5.78. The van der Waals surface area contributed by atoms with Gasteiger partial charge in [-0.3, -0.25) is 9.59 Å². The van der Waals surface area contributed by atoms with Crippen molar-refractivity contribution in [3.8, 4) is 6.07 Å². The molecule has 0 aliphatic heterocycles. The Labute approximate surface area is 226 Å². The topological polar surface area (TPSA) is 208 Å². The van der Waals surface area contributed by atoms with E-state index in [2.05, 4.69) is 5.32 Å². The fraction of sp³-hybridized carbons (Fsp3) is 0.808. The highest BCUT2D eigenvalue weighted by Gasteiger charge is 2.48. The van der Waals surface area contributed by atoms with Gasteiger partial charge >= 0.3 is 0 Å². The average molecular weight is 548 g/mol. The largest absolute Gasteiger partial charge is 0.395 e. The molecule has 0 heterocycles. The summed E-state index contributed by atoms with van der Waals surface area (Å²) in [4.78, 5) is 39.7. The summed E-state index contributed by atoms with van der Waals surface area (Å²) in [6.45, 7) is 4.03. The first-order chi connectivity index (χ1) is 18.3. The molecule has 12 nitrogen and oxygen atoms in total. The van der Waals surface area contributed by atoms with Crippen LogP contribution in [0.2, 0.25) is 0 Å². The van der Waals surface area contributed by atoms with Crippen LogP contribution in [0.3, 0.4) is 0 Å². The number of nitriles is 1. The van der Waals surface area contributed by atoms with Crippen LogP contribution in [0.4, 0.5) is 0 Å². The third kappa shape index (κ3) is 18.8. The lowest BCUT2D eigenvalue weighted by atomic mass is 9.82. The maximum atomic E-state index is 11.0. The van der Waals surface area contributed by atoms with Crippen LogP contribution in [0.1, 0.15) is 58.8 Å². The predicted molar refractivity (Wildman–Crippen MR) is 141 cm³/mol. The molecule has 0 aromatic heterocycles. The van der Waals surface area contributed by atoms with Gasteiger partial charge in [0.15, 0.2) is 0 Å². The second-order valence-electron chi connectivity index (χ2n) is 8.56. The van der Waals surface area contributed by atoms with Crippen LogP contribution >= 0.6 is 0 Å². The molecule has 3 fully saturated rings. The maximum Gasteiger partial charge on any atom is 0.248 e. The molecule has 4 atom stereocenters. The molecule has 3 saturated carbocycles. The number of nitrogens with zero attached hydrogens (tertiary/aromatic N) is 2. The summed E-state index contributed by atoms with van der Waals surface area (Å²) >= 11 is 0. The SMILES string of the molecule is C1CC2C3CCC(C3)C2C1.C=O.CC=O.CCC#N.O=C(CO)NCCN(CCO)C(=O)CO.OCCO. The molecular formula is C26H49N3O9. The molecule has 0 spiro atoms. The van der Waals surface area contributed by atoms with E-state index in [1.165, 1.54) is 35.5 Å². The highest BCUT2D eigenvalue weighted by Crippen LogP contribution is 2.58. The van der Waals surface area contributed by atoms with E-state index >= 15 is 0 Å². The minimum atomic E-state index is -0.631. The molecule has 2 bridgehead atoms. The number of hydrogen-bond donors (Lipinski definition) is 6. The summed E-state index contributed by atoms with van der Waals surface area (Å²) < 4.78 is 0. The average Bonchev–Trinajstić information content (AvgIpc) is 3.70. The number of fused-ring (bicyclic) bond motifs is 5. The Bertz CT molecular complexity index is 614. The Morgan fingerprint density at radius 3 is 1.76 bits per heavy atom. The van der Waals surface area contributed by atoms with Gasteiger partial charge < -0.3 is 45.3 Å². The van der Waals surface area contributed by atoms with Gasteiger partial charge in [-0.2, -0.15) is 5.26 Å². The molecule has 222 valence electrons. The quantitative estimate of drug-likeness (QED) is 0.218. The molecule has 0 aromatic carbocycles. The molecule has 3 aliphatic carbocycles. The molecular weight excluding hydrogens is 498 g/mol. The molecule has 6 N–H and O–H groups in total.